The molecular formula is C40H30N10O18S6. The van der Waals surface area contributed by atoms with Crippen LogP contribution in [0.3, 0.4) is 0 Å². The lowest BCUT2D eigenvalue weighted by Crippen LogP contribution is -2.08. The first-order valence-corrected chi connectivity index (χ1v) is 26.9. The van der Waals surface area contributed by atoms with E-state index in [2.05, 4.69) is 59.4 Å². The van der Waals surface area contributed by atoms with Crippen LogP contribution in [0.1, 0.15) is 23.1 Å². The lowest BCUT2D eigenvalue weighted by atomic mass is 10.1. The smallest absolute Gasteiger partial charge is 0.296 e. The highest BCUT2D eigenvalue weighted by molar-refractivity contribution is 7.95. The SMILES string of the molecule is Cc1cc(N=Nc2c(SOOO)cc3cc(S(=O)(=O)O)c(N=Nc4c(C)c(C#N)c5nc6ccccc6n5c4O)cc3c2O)c(OCCCS(=O)(=O)O)cc1N=Nc1nc2c(S(=O)(=O)O)cc(SOOO)cc2s1. The van der Waals surface area contributed by atoms with E-state index < -0.39 is 68.9 Å². The van der Waals surface area contributed by atoms with Crippen molar-refractivity contribution in [3.63, 3.8) is 0 Å². The van der Waals surface area contributed by atoms with Crippen molar-refractivity contribution in [2.24, 2.45) is 30.7 Å². The third-order valence-electron chi connectivity index (χ3n) is 10.3. The number of phenols is 1. The molecule has 384 valence electrons. The molecule has 0 aliphatic heterocycles. The first-order chi connectivity index (χ1) is 35.1. The van der Waals surface area contributed by atoms with Gasteiger partial charge >= 0.3 is 0 Å². The molecule has 7 N–H and O–H groups in total. The summed E-state index contributed by atoms with van der Waals surface area (Å²) in [5.41, 5.74) is -0.0376. The molecule has 0 radical (unpaired) electrons. The Kier molecular flexibility index (Phi) is 15.5. The van der Waals surface area contributed by atoms with E-state index in [1.165, 1.54) is 35.6 Å². The molecule has 0 aliphatic rings. The highest BCUT2D eigenvalue weighted by atomic mass is 32.2. The largest absolute Gasteiger partial charge is 0.505 e. The lowest BCUT2D eigenvalue weighted by molar-refractivity contribution is -0.432. The van der Waals surface area contributed by atoms with E-state index in [1.807, 2.05) is 6.07 Å². The van der Waals surface area contributed by atoms with Gasteiger partial charge in [0, 0.05) is 21.9 Å². The zero-order valence-electron chi connectivity index (χ0n) is 37.0. The van der Waals surface area contributed by atoms with E-state index >= 15 is 0 Å². The normalized spacial score (nSPS) is 12.7. The Hall–Kier alpha value is -6.92. The number of azo groups is 3. The number of para-hydroxylation sites is 2. The molecule has 0 aliphatic carbocycles. The third kappa shape index (κ3) is 11.4. The zero-order valence-corrected chi connectivity index (χ0v) is 41.9. The number of nitriles is 1. The summed E-state index contributed by atoms with van der Waals surface area (Å²) in [5, 5.41) is 82.8. The Morgan fingerprint density at radius 2 is 1.46 bits per heavy atom. The summed E-state index contributed by atoms with van der Waals surface area (Å²) in [4.78, 5) is 7.08. The number of pyridine rings is 1. The van der Waals surface area contributed by atoms with Crippen LogP contribution < -0.4 is 4.74 Å². The fourth-order valence-electron chi connectivity index (χ4n) is 7.08. The average Bonchev–Trinajstić information content (AvgIpc) is 3.94. The van der Waals surface area contributed by atoms with Crippen LogP contribution in [0.15, 0.2) is 117 Å². The molecule has 0 bridgehead atoms. The number of hydrogen-bond acceptors (Lipinski definition) is 27. The minimum absolute atomic E-state index is 0.00979. The number of nitrogens with zero attached hydrogens (tertiary/aromatic N) is 10. The van der Waals surface area contributed by atoms with Gasteiger partial charge in [0.15, 0.2) is 17.1 Å². The van der Waals surface area contributed by atoms with Gasteiger partial charge in [-0.25, -0.2) is 20.5 Å². The van der Waals surface area contributed by atoms with Crippen molar-refractivity contribution in [3.8, 4) is 23.4 Å². The molecule has 0 saturated carbocycles. The Bertz CT molecular complexity index is 4070. The summed E-state index contributed by atoms with van der Waals surface area (Å²) < 4.78 is 119. The topological polar surface area (TPSA) is 418 Å². The molecule has 28 nitrogen and oxygen atoms in total. The fourth-order valence-corrected chi connectivity index (χ4v) is 10.9. The van der Waals surface area contributed by atoms with Crippen molar-refractivity contribution in [2.75, 3.05) is 12.4 Å². The average molecular weight is 1130 g/mol. The fraction of sp³-hybridized carbons (Fsp3) is 0.125. The number of phenolic OH excluding ortho intramolecular Hbond substituents is 1. The molecular weight excluding hydrogens is 1100 g/mol. The Morgan fingerprint density at radius 1 is 0.770 bits per heavy atom. The van der Waals surface area contributed by atoms with Crippen molar-refractivity contribution in [1.82, 2.24) is 14.4 Å². The molecule has 0 amide bonds. The molecule has 3 heterocycles. The first kappa shape index (κ1) is 53.4. The van der Waals surface area contributed by atoms with Gasteiger partial charge in [-0.3, -0.25) is 18.1 Å². The van der Waals surface area contributed by atoms with E-state index in [1.54, 1.807) is 31.2 Å². The molecule has 74 heavy (non-hydrogen) atoms. The van der Waals surface area contributed by atoms with E-state index in [4.69, 9.17) is 15.3 Å². The molecule has 0 saturated heterocycles. The summed E-state index contributed by atoms with van der Waals surface area (Å²) >= 11 is 1.54. The predicted octanol–water partition coefficient (Wildman–Crippen LogP) is 10.4. The molecule has 8 rings (SSSR count). The van der Waals surface area contributed by atoms with Gasteiger partial charge in [0.25, 0.3) is 30.4 Å². The number of imidazole rings is 1. The quantitative estimate of drug-likeness (QED) is 0.00987. The summed E-state index contributed by atoms with van der Waals surface area (Å²) in [6, 6.07) is 16.9. The van der Waals surface area contributed by atoms with E-state index in [0.717, 1.165) is 29.5 Å². The van der Waals surface area contributed by atoms with Gasteiger partial charge in [-0.05, 0) is 79.7 Å². The van der Waals surface area contributed by atoms with Gasteiger partial charge in [0.1, 0.15) is 49.8 Å². The van der Waals surface area contributed by atoms with Crippen LogP contribution in [0.2, 0.25) is 0 Å². The summed E-state index contributed by atoms with van der Waals surface area (Å²) in [5.74, 6) is -2.06. The number of rotatable bonds is 19. The second kappa shape index (κ2) is 21.5. The second-order valence-corrected chi connectivity index (χ2v) is 21.9. The van der Waals surface area contributed by atoms with Crippen LogP contribution in [0.4, 0.5) is 33.6 Å². The number of ether oxygens (including phenoxy) is 1. The monoisotopic (exact) mass is 1130 g/mol. The molecule has 3 aromatic heterocycles. The molecule has 0 spiro atoms. The van der Waals surface area contributed by atoms with Gasteiger partial charge in [-0.15, -0.1) is 39.4 Å². The molecule has 0 atom stereocenters. The zero-order chi connectivity index (χ0) is 53.3. The highest BCUT2D eigenvalue weighted by Gasteiger charge is 2.25. The molecule has 0 unspecified atom stereocenters. The maximum Gasteiger partial charge on any atom is 0.296 e. The Labute approximate surface area is 427 Å². The number of benzene rings is 5. The first-order valence-electron chi connectivity index (χ1n) is 20.1. The van der Waals surface area contributed by atoms with Crippen LogP contribution in [0.25, 0.3) is 37.7 Å². The number of aromatic hydroxyl groups is 2. The molecule has 8 aromatic rings. The van der Waals surface area contributed by atoms with Gasteiger partial charge in [0.2, 0.25) is 11.0 Å². The van der Waals surface area contributed by atoms with Crippen molar-refractivity contribution in [3.05, 3.63) is 83.4 Å². The second-order valence-electron chi connectivity index (χ2n) is 15.0. The lowest BCUT2D eigenvalue weighted by Gasteiger charge is -2.13. The van der Waals surface area contributed by atoms with Crippen LogP contribution in [0, 0.1) is 25.2 Å². The number of aromatic nitrogens is 3. The maximum atomic E-state index is 12.8. The van der Waals surface area contributed by atoms with E-state index in [0.29, 0.717) is 28.6 Å². The van der Waals surface area contributed by atoms with Crippen LogP contribution in [-0.2, 0) is 49.1 Å². The van der Waals surface area contributed by atoms with Gasteiger partial charge in [0.05, 0.1) is 62.8 Å². The summed E-state index contributed by atoms with van der Waals surface area (Å²) in [6.45, 7) is 2.68. The van der Waals surface area contributed by atoms with Crippen LogP contribution in [0.5, 0.6) is 17.4 Å². The number of thiazole rings is 1. The Morgan fingerprint density at radius 3 is 2.16 bits per heavy atom. The van der Waals surface area contributed by atoms with Crippen molar-refractivity contribution in [1.29, 1.82) is 5.26 Å². The van der Waals surface area contributed by atoms with Crippen molar-refractivity contribution in [2.45, 2.75) is 39.9 Å². The van der Waals surface area contributed by atoms with Crippen LogP contribution in [-0.4, -0.2) is 86.4 Å². The minimum Gasteiger partial charge on any atom is -0.505 e. The summed E-state index contributed by atoms with van der Waals surface area (Å²) in [6.07, 6.45) is -0.221. The third-order valence-corrected chi connectivity index (χ3v) is 14.9. The van der Waals surface area contributed by atoms with Gasteiger partial charge in [-0.1, -0.05) is 33.5 Å². The van der Waals surface area contributed by atoms with E-state index in [9.17, 15) is 54.4 Å². The predicted molar refractivity (Wildman–Crippen MR) is 260 cm³/mol. The van der Waals surface area contributed by atoms with Crippen molar-refractivity contribution < 1.29 is 83.1 Å². The molecule has 0 fully saturated rings. The standard InChI is InChI=1S/C40H30N10O18S6/c1-18-10-26(29(64-8-5-9-72(55,56)57)16-25(18)44-49-40-43-35-30(69-40)13-21(70-67-65-53)14-33(35)74(61,62)63)45-48-36-31(71-68-66-54)11-20-12-32(73(58,59)60)27(15-22(20)37(36)51)46-47-34-19(2)23(17-41)38-42-24-6-3-4-7-28(24)50(38)39(34)52/h3-4,6-7,10-16,51-54H,5,8-9H2,1-2H3,(H,55,56,57)(H,58,59,60)(H,61,62,63). The number of aryl methyl sites for hydroxylation is 1. The number of fused-ring (bicyclic) bond motifs is 5. The minimum atomic E-state index is -5.12. The Balaban J connectivity index is 1.21. The van der Waals surface area contributed by atoms with Crippen molar-refractivity contribution >= 4 is 137 Å². The number of hydrogen-bond donors (Lipinski definition) is 7. The summed E-state index contributed by atoms with van der Waals surface area (Å²) in [7, 11) is -14.4. The molecule has 34 heteroatoms. The van der Waals surface area contributed by atoms with E-state index in [-0.39, 0.29) is 101 Å². The maximum absolute atomic E-state index is 12.8. The van der Waals surface area contributed by atoms with Gasteiger partial charge in [-0.2, -0.15) is 30.5 Å². The van der Waals surface area contributed by atoms with Crippen LogP contribution >= 0.6 is 35.4 Å². The van der Waals surface area contributed by atoms with Gasteiger partial charge < -0.3 is 14.9 Å². The molecule has 5 aromatic carbocycles. The highest BCUT2D eigenvalue weighted by Crippen LogP contribution is 2.48.